The van der Waals surface area contributed by atoms with E-state index >= 15 is 0 Å². The Morgan fingerprint density at radius 3 is 2.26 bits per heavy atom. The minimum atomic E-state index is -0.526. The van der Waals surface area contributed by atoms with Gasteiger partial charge in [-0.2, -0.15) is 5.10 Å². The van der Waals surface area contributed by atoms with Crippen molar-refractivity contribution in [2.24, 2.45) is 5.41 Å². The molecule has 1 aliphatic heterocycles. The van der Waals surface area contributed by atoms with E-state index in [0.29, 0.717) is 37.7 Å². The van der Waals surface area contributed by atoms with Crippen LogP contribution in [0.25, 0.3) is 28.2 Å². The van der Waals surface area contributed by atoms with Gasteiger partial charge in [-0.05, 0) is 70.2 Å². The van der Waals surface area contributed by atoms with Crippen molar-refractivity contribution in [2.45, 2.75) is 27.7 Å². The van der Waals surface area contributed by atoms with Crippen molar-refractivity contribution in [1.82, 2.24) is 24.6 Å². The maximum atomic E-state index is 12.2. The summed E-state index contributed by atoms with van der Waals surface area (Å²) in [6, 6.07) is 13.7. The van der Waals surface area contributed by atoms with E-state index in [4.69, 9.17) is 29.4 Å². The van der Waals surface area contributed by atoms with Gasteiger partial charge in [-0.15, -0.1) is 5.06 Å². The van der Waals surface area contributed by atoms with Crippen LogP contribution in [0.1, 0.15) is 26.5 Å². The molecule has 0 saturated carbocycles. The number of carbonyl (C=O) groups is 1. The summed E-state index contributed by atoms with van der Waals surface area (Å²) in [5.74, 6) is 1.97. The Labute approximate surface area is 228 Å². The van der Waals surface area contributed by atoms with Crippen LogP contribution in [-0.2, 0) is 9.63 Å². The van der Waals surface area contributed by atoms with E-state index in [1.54, 1.807) is 19.3 Å². The molecule has 1 aromatic carbocycles. The first-order valence-corrected chi connectivity index (χ1v) is 13.0. The summed E-state index contributed by atoms with van der Waals surface area (Å²) < 4.78 is 12.7. The van der Waals surface area contributed by atoms with E-state index in [1.807, 2.05) is 74.8 Å². The lowest BCUT2D eigenvalue weighted by Gasteiger charge is -2.35. The molecule has 4 heterocycles. The number of aryl methyl sites for hydroxylation is 1. The van der Waals surface area contributed by atoms with Gasteiger partial charge in [0, 0.05) is 30.4 Å². The van der Waals surface area contributed by atoms with Gasteiger partial charge in [-0.1, -0.05) is 0 Å². The van der Waals surface area contributed by atoms with Crippen molar-refractivity contribution in [3.8, 4) is 34.0 Å². The van der Waals surface area contributed by atoms with Crippen LogP contribution in [0.4, 0.5) is 5.82 Å². The molecular formula is C29H34N6O4. The Kier molecular flexibility index (Phi) is 7.14. The first-order chi connectivity index (χ1) is 18.7. The number of piperazine rings is 1. The molecule has 204 valence electrons. The zero-order chi connectivity index (χ0) is 27.7. The summed E-state index contributed by atoms with van der Waals surface area (Å²) in [5.41, 5.74) is 4.63. The van der Waals surface area contributed by atoms with Gasteiger partial charge in [-0.3, -0.25) is 0 Å². The van der Waals surface area contributed by atoms with Crippen molar-refractivity contribution < 1.29 is 19.1 Å². The average molecular weight is 531 g/mol. The molecule has 1 saturated heterocycles. The second kappa shape index (κ2) is 10.5. The zero-order valence-corrected chi connectivity index (χ0v) is 23.3. The third-order valence-electron chi connectivity index (χ3n) is 6.74. The summed E-state index contributed by atoms with van der Waals surface area (Å²) in [6.45, 7) is 10.2. The maximum Gasteiger partial charge on any atom is 0.330 e. The molecule has 0 bridgehead atoms. The van der Waals surface area contributed by atoms with Gasteiger partial charge in [0.1, 0.15) is 5.82 Å². The number of fused-ring (bicyclic) bond motifs is 1. The normalized spacial score (nSPS) is 14.5. The number of rotatable bonds is 6. The number of nitrogens with zero attached hydrogens (tertiary/aromatic N) is 6. The first-order valence-electron chi connectivity index (χ1n) is 13.0. The molecule has 39 heavy (non-hydrogen) atoms. The lowest BCUT2D eigenvalue weighted by Crippen LogP contribution is -2.48. The van der Waals surface area contributed by atoms with Crippen molar-refractivity contribution in [3.05, 3.63) is 54.4 Å². The Morgan fingerprint density at radius 2 is 1.62 bits per heavy atom. The van der Waals surface area contributed by atoms with Crippen LogP contribution < -0.4 is 14.4 Å². The first kappa shape index (κ1) is 26.4. The van der Waals surface area contributed by atoms with Gasteiger partial charge in [0.2, 0.25) is 0 Å². The van der Waals surface area contributed by atoms with E-state index in [9.17, 15) is 4.79 Å². The smallest absolute Gasteiger partial charge is 0.330 e. The van der Waals surface area contributed by atoms with Gasteiger partial charge in [0.25, 0.3) is 0 Å². The molecule has 3 aromatic heterocycles. The highest BCUT2D eigenvalue weighted by Gasteiger charge is 2.28. The SMILES string of the molecule is COc1ccc(-c2ccc3nc(C)c(-c4ccc(N5CCN(OC(=O)C(C)(C)C)CC5)nc4)n3n2)cc1OC. The summed E-state index contributed by atoms with van der Waals surface area (Å²) in [5, 5.41) is 6.65. The number of benzene rings is 1. The molecule has 10 nitrogen and oxygen atoms in total. The molecule has 0 N–H and O–H groups in total. The van der Waals surface area contributed by atoms with E-state index in [1.165, 1.54) is 0 Å². The molecule has 1 fully saturated rings. The fraction of sp³-hybridized carbons (Fsp3) is 0.379. The fourth-order valence-corrected chi connectivity index (χ4v) is 4.50. The number of methoxy groups -OCH3 is 2. The largest absolute Gasteiger partial charge is 0.493 e. The zero-order valence-electron chi connectivity index (χ0n) is 23.3. The van der Waals surface area contributed by atoms with E-state index in [2.05, 4.69) is 11.0 Å². The lowest BCUT2D eigenvalue weighted by molar-refractivity contribution is -0.201. The lowest BCUT2D eigenvalue weighted by atomic mass is 9.98. The van der Waals surface area contributed by atoms with Gasteiger partial charge in [-0.25, -0.2) is 19.3 Å². The molecular weight excluding hydrogens is 496 g/mol. The molecule has 1 aliphatic rings. The van der Waals surface area contributed by atoms with E-state index in [-0.39, 0.29) is 5.97 Å². The Balaban J connectivity index is 1.36. The predicted molar refractivity (Wildman–Crippen MR) is 149 cm³/mol. The van der Waals surface area contributed by atoms with Crippen LogP contribution in [0.5, 0.6) is 11.5 Å². The van der Waals surface area contributed by atoms with Crippen molar-refractivity contribution in [3.63, 3.8) is 0 Å². The summed E-state index contributed by atoms with van der Waals surface area (Å²) >= 11 is 0. The third kappa shape index (κ3) is 5.37. The Morgan fingerprint density at radius 1 is 0.897 bits per heavy atom. The minimum absolute atomic E-state index is 0.218. The van der Waals surface area contributed by atoms with Crippen molar-refractivity contribution in [1.29, 1.82) is 0 Å². The summed E-state index contributed by atoms with van der Waals surface area (Å²) in [7, 11) is 3.24. The highest BCUT2D eigenvalue weighted by molar-refractivity contribution is 5.75. The molecule has 4 aromatic rings. The molecule has 0 radical (unpaired) electrons. The highest BCUT2D eigenvalue weighted by Crippen LogP contribution is 2.32. The predicted octanol–water partition coefficient (Wildman–Crippen LogP) is 4.41. The number of anilines is 1. The molecule has 0 spiro atoms. The number of pyridine rings is 1. The van der Waals surface area contributed by atoms with Crippen LogP contribution in [0.3, 0.4) is 0 Å². The van der Waals surface area contributed by atoms with Crippen molar-refractivity contribution in [2.75, 3.05) is 45.3 Å². The van der Waals surface area contributed by atoms with Gasteiger partial charge < -0.3 is 19.2 Å². The molecule has 10 heteroatoms. The van der Waals surface area contributed by atoms with Crippen LogP contribution >= 0.6 is 0 Å². The van der Waals surface area contributed by atoms with Crippen LogP contribution in [0, 0.1) is 12.3 Å². The number of hydrogen-bond donors (Lipinski definition) is 0. The van der Waals surface area contributed by atoms with Crippen molar-refractivity contribution >= 4 is 17.4 Å². The van der Waals surface area contributed by atoms with Gasteiger partial charge >= 0.3 is 5.97 Å². The highest BCUT2D eigenvalue weighted by atomic mass is 16.7. The average Bonchev–Trinajstić information content (AvgIpc) is 3.27. The fourth-order valence-electron chi connectivity index (χ4n) is 4.50. The second-order valence-electron chi connectivity index (χ2n) is 10.6. The third-order valence-corrected chi connectivity index (χ3v) is 6.74. The Bertz CT molecular complexity index is 1480. The molecule has 0 atom stereocenters. The van der Waals surface area contributed by atoms with Gasteiger partial charge in [0.05, 0.1) is 49.8 Å². The Hall–Kier alpha value is -4.18. The molecule has 0 aliphatic carbocycles. The molecule has 0 unspecified atom stereocenters. The monoisotopic (exact) mass is 530 g/mol. The summed E-state index contributed by atoms with van der Waals surface area (Å²) in [6.07, 6.45) is 1.86. The van der Waals surface area contributed by atoms with Gasteiger partial charge in [0.15, 0.2) is 17.1 Å². The topological polar surface area (TPSA) is 94.3 Å². The number of aromatic nitrogens is 4. The maximum absolute atomic E-state index is 12.2. The summed E-state index contributed by atoms with van der Waals surface area (Å²) in [4.78, 5) is 29.4. The van der Waals surface area contributed by atoms with Crippen LogP contribution in [0.15, 0.2) is 48.7 Å². The quantitative estimate of drug-likeness (QED) is 0.359. The number of hydroxylamine groups is 2. The molecule has 0 amide bonds. The number of imidazole rings is 1. The second-order valence-corrected chi connectivity index (χ2v) is 10.6. The van der Waals surface area contributed by atoms with E-state index in [0.717, 1.165) is 39.7 Å². The minimum Gasteiger partial charge on any atom is -0.493 e. The number of hydrogen-bond acceptors (Lipinski definition) is 9. The number of ether oxygens (including phenoxy) is 2. The van der Waals surface area contributed by atoms with Crippen LogP contribution in [-0.4, -0.2) is 71.0 Å². The standard InChI is InChI=1S/C29H34N6O4/c1-19-27(35-26(31-19)12-9-22(32-35)20-7-10-23(37-5)24(17-20)38-6)21-8-11-25(30-18-21)33-13-15-34(16-14-33)39-28(36)29(2,3)4/h7-12,17-18H,13-16H2,1-6H3. The molecule has 5 rings (SSSR count). The van der Waals surface area contributed by atoms with Crippen LogP contribution in [0.2, 0.25) is 0 Å². The number of carbonyl (C=O) groups excluding carboxylic acids is 1. The van der Waals surface area contributed by atoms with E-state index < -0.39 is 5.41 Å².